The average molecular weight is 598 g/mol. The Morgan fingerprint density at radius 3 is 2.40 bits per heavy atom. The molecule has 2 aromatic rings. The first kappa shape index (κ1) is 31.8. The number of hydrogen-bond donors (Lipinski definition) is 3. The van der Waals surface area contributed by atoms with Crippen molar-refractivity contribution < 1.29 is 14.3 Å². The number of pyridine rings is 1. The Bertz CT molecular complexity index is 1210. The number of ether oxygens (including phenoxy) is 1. The summed E-state index contributed by atoms with van der Waals surface area (Å²) in [4.78, 5) is 37.1. The van der Waals surface area contributed by atoms with E-state index in [0.717, 1.165) is 83.6 Å². The summed E-state index contributed by atoms with van der Waals surface area (Å²) in [7, 11) is 2.19. The molecular formula is C31H47N7O3S. The summed E-state index contributed by atoms with van der Waals surface area (Å²) < 4.78 is 5.33. The maximum atomic E-state index is 13.0. The number of hydrogen-bond acceptors (Lipinski definition) is 9. The molecule has 0 unspecified atom stereocenters. The standard InChI is InChI=1S/C31H47N7O3S/c1-6-12-32-28(24-9-10-24)38(14-7-13-37-17-15-36(5)16-18-37)20-23-8-11-25(33-19-23)29(39)34-26-21-42-22-27(26)35-30(40)41-31(2,3)4/h8,11,19,21-22,32H,6-7,9-10,12-18,20H2,1-5H3,(H,34,39)(H,35,40). The molecule has 3 heterocycles. The molecule has 1 saturated carbocycles. The van der Waals surface area contributed by atoms with Gasteiger partial charge in [0.1, 0.15) is 17.1 Å². The van der Waals surface area contributed by atoms with Gasteiger partial charge in [0, 0.05) is 62.8 Å². The first-order chi connectivity index (χ1) is 20.1. The second-order valence-electron chi connectivity index (χ2n) is 12.1. The van der Waals surface area contributed by atoms with E-state index in [9.17, 15) is 9.59 Å². The number of nitrogens with one attached hydrogen (secondary N) is 3. The molecule has 230 valence electrons. The molecule has 0 bridgehead atoms. The second-order valence-corrected chi connectivity index (χ2v) is 12.9. The van der Waals surface area contributed by atoms with Gasteiger partial charge in [0.15, 0.2) is 0 Å². The van der Waals surface area contributed by atoms with Crippen LogP contribution in [0.2, 0.25) is 0 Å². The van der Waals surface area contributed by atoms with Crippen molar-refractivity contribution in [3.63, 3.8) is 0 Å². The van der Waals surface area contributed by atoms with Gasteiger partial charge in [-0.15, -0.1) is 11.3 Å². The fourth-order valence-electron chi connectivity index (χ4n) is 4.79. The van der Waals surface area contributed by atoms with Gasteiger partial charge in [-0.1, -0.05) is 13.0 Å². The number of likely N-dealkylation sites (N-methyl/N-ethyl adjacent to an activating group) is 1. The Balaban J connectivity index is 1.37. The van der Waals surface area contributed by atoms with Crippen LogP contribution < -0.4 is 16.0 Å². The van der Waals surface area contributed by atoms with Gasteiger partial charge in [0.05, 0.1) is 11.4 Å². The molecule has 10 nitrogen and oxygen atoms in total. The van der Waals surface area contributed by atoms with Gasteiger partial charge in [0.25, 0.3) is 5.91 Å². The summed E-state index contributed by atoms with van der Waals surface area (Å²) in [6.07, 6.45) is 5.72. The van der Waals surface area contributed by atoms with E-state index >= 15 is 0 Å². The number of carbonyl (C=O) groups excluding carboxylic acids is 2. The molecule has 42 heavy (non-hydrogen) atoms. The van der Waals surface area contributed by atoms with Gasteiger partial charge < -0.3 is 30.1 Å². The van der Waals surface area contributed by atoms with Crippen LogP contribution in [-0.4, -0.2) is 90.1 Å². The Labute approximate surface area is 254 Å². The third kappa shape index (κ3) is 9.99. The van der Waals surface area contributed by atoms with Gasteiger partial charge in [-0.3, -0.25) is 15.1 Å². The molecular weight excluding hydrogens is 550 g/mol. The molecule has 1 saturated heterocycles. The predicted octanol–water partition coefficient (Wildman–Crippen LogP) is 5.19. The Morgan fingerprint density at radius 1 is 1.07 bits per heavy atom. The molecule has 2 amide bonds. The zero-order chi connectivity index (χ0) is 30.1. The van der Waals surface area contributed by atoms with E-state index in [0.29, 0.717) is 17.1 Å². The van der Waals surface area contributed by atoms with Crippen molar-refractivity contribution in [1.29, 1.82) is 0 Å². The first-order valence-electron chi connectivity index (χ1n) is 15.1. The highest BCUT2D eigenvalue weighted by molar-refractivity contribution is 7.09. The summed E-state index contributed by atoms with van der Waals surface area (Å²) in [6, 6.07) is 3.75. The number of carbonyl (C=O) groups is 2. The smallest absolute Gasteiger partial charge is 0.412 e. The lowest BCUT2D eigenvalue weighted by atomic mass is 10.2. The van der Waals surface area contributed by atoms with Crippen LogP contribution in [0.25, 0.3) is 0 Å². The Hall–Kier alpha value is -3.15. The highest BCUT2D eigenvalue weighted by Gasteiger charge is 2.24. The van der Waals surface area contributed by atoms with Crippen LogP contribution in [0, 0.1) is 0 Å². The molecule has 3 N–H and O–H groups in total. The van der Waals surface area contributed by atoms with Gasteiger partial charge in [-0.2, -0.15) is 0 Å². The molecule has 11 heteroatoms. The van der Waals surface area contributed by atoms with Crippen molar-refractivity contribution in [2.24, 2.45) is 0 Å². The normalized spacial score (nSPS) is 15.7. The predicted molar refractivity (Wildman–Crippen MR) is 170 cm³/mol. The van der Waals surface area contributed by atoms with Crippen LogP contribution in [-0.2, 0) is 11.3 Å². The van der Waals surface area contributed by atoms with E-state index in [1.165, 1.54) is 22.7 Å². The third-order valence-electron chi connectivity index (χ3n) is 7.17. The number of allylic oxidation sites excluding steroid dienone is 1. The lowest BCUT2D eigenvalue weighted by Crippen LogP contribution is -2.45. The minimum atomic E-state index is -0.614. The van der Waals surface area contributed by atoms with Crippen LogP contribution >= 0.6 is 11.3 Å². The maximum Gasteiger partial charge on any atom is 0.412 e. The summed E-state index contributed by atoms with van der Waals surface area (Å²) >= 11 is 1.38. The van der Waals surface area contributed by atoms with E-state index in [2.05, 4.69) is 49.6 Å². The number of amides is 2. The number of anilines is 2. The van der Waals surface area contributed by atoms with E-state index in [-0.39, 0.29) is 5.91 Å². The highest BCUT2D eigenvalue weighted by Crippen LogP contribution is 2.33. The first-order valence-corrected chi connectivity index (χ1v) is 16.0. The summed E-state index contributed by atoms with van der Waals surface area (Å²) in [5.74, 6) is 0.946. The molecule has 1 aliphatic heterocycles. The fraction of sp³-hybridized carbons (Fsp3) is 0.581. The molecule has 0 atom stereocenters. The summed E-state index contributed by atoms with van der Waals surface area (Å²) in [5.41, 5.74) is 3.27. The SMILES string of the molecule is CCCNC(=C1CC1)N(CCCN1CCN(C)CC1)Cc1ccc(C(=O)Nc2cscc2NC(=O)OC(C)(C)C)nc1. The van der Waals surface area contributed by atoms with Crippen LogP contribution in [0.4, 0.5) is 16.2 Å². The van der Waals surface area contributed by atoms with E-state index < -0.39 is 11.7 Å². The Kier molecular flexibility index (Phi) is 11.2. The van der Waals surface area contributed by atoms with Crippen molar-refractivity contribution in [2.75, 3.05) is 63.5 Å². The molecule has 0 aromatic carbocycles. The minimum Gasteiger partial charge on any atom is -0.444 e. The monoisotopic (exact) mass is 597 g/mol. The van der Waals surface area contributed by atoms with Crippen LogP contribution in [0.3, 0.4) is 0 Å². The zero-order valence-electron chi connectivity index (χ0n) is 25.8. The number of aromatic nitrogens is 1. The van der Waals surface area contributed by atoms with Gasteiger partial charge in [0.2, 0.25) is 0 Å². The summed E-state index contributed by atoms with van der Waals surface area (Å²) in [5, 5.41) is 12.8. The molecule has 2 fully saturated rings. The van der Waals surface area contributed by atoms with E-state index in [1.54, 1.807) is 43.8 Å². The van der Waals surface area contributed by atoms with Crippen molar-refractivity contribution in [2.45, 2.75) is 65.5 Å². The molecule has 0 spiro atoms. The van der Waals surface area contributed by atoms with Crippen molar-refractivity contribution in [1.82, 2.24) is 25.0 Å². The quantitative estimate of drug-likeness (QED) is 0.290. The largest absolute Gasteiger partial charge is 0.444 e. The van der Waals surface area contributed by atoms with Crippen molar-refractivity contribution in [3.05, 3.63) is 51.7 Å². The minimum absolute atomic E-state index is 0.319. The molecule has 4 rings (SSSR count). The lowest BCUT2D eigenvalue weighted by molar-refractivity contribution is 0.0635. The maximum absolute atomic E-state index is 13.0. The number of thiophene rings is 1. The molecule has 0 radical (unpaired) electrons. The number of nitrogens with zero attached hydrogens (tertiary/aromatic N) is 4. The summed E-state index contributed by atoms with van der Waals surface area (Å²) in [6.45, 7) is 15.9. The Morgan fingerprint density at radius 2 is 1.79 bits per heavy atom. The van der Waals surface area contributed by atoms with Gasteiger partial charge in [-0.05, 0) is 77.2 Å². The molecule has 2 aromatic heterocycles. The van der Waals surface area contributed by atoms with Crippen LogP contribution in [0.5, 0.6) is 0 Å². The topological polar surface area (TPSA) is 102 Å². The lowest BCUT2D eigenvalue weighted by Gasteiger charge is -2.34. The fourth-order valence-corrected chi connectivity index (χ4v) is 5.50. The van der Waals surface area contributed by atoms with Crippen LogP contribution in [0.15, 0.2) is 40.5 Å². The van der Waals surface area contributed by atoms with E-state index in [1.807, 2.05) is 6.07 Å². The van der Waals surface area contributed by atoms with Crippen molar-refractivity contribution >= 4 is 34.7 Å². The van der Waals surface area contributed by atoms with Gasteiger partial charge in [-0.25, -0.2) is 4.79 Å². The van der Waals surface area contributed by atoms with Crippen LogP contribution in [0.1, 0.15) is 69.4 Å². The third-order valence-corrected chi connectivity index (χ3v) is 7.91. The zero-order valence-corrected chi connectivity index (χ0v) is 26.6. The van der Waals surface area contributed by atoms with E-state index in [4.69, 9.17) is 4.74 Å². The molecule has 2 aliphatic rings. The average Bonchev–Trinajstić information content (AvgIpc) is 3.69. The number of piperazine rings is 1. The van der Waals surface area contributed by atoms with Crippen molar-refractivity contribution in [3.8, 4) is 0 Å². The molecule has 1 aliphatic carbocycles. The van der Waals surface area contributed by atoms with Gasteiger partial charge >= 0.3 is 6.09 Å². The highest BCUT2D eigenvalue weighted by atomic mass is 32.1. The number of rotatable bonds is 13. The second kappa shape index (κ2) is 14.8.